The summed E-state index contributed by atoms with van der Waals surface area (Å²) in [6.07, 6.45) is 1.54. The third-order valence-electron chi connectivity index (χ3n) is 4.29. The lowest BCUT2D eigenvalue weighted by Gasteiger charge is -2.39. The largest absolute Gasteiger partial charge is 0.369 e. The van der Waals surface area contributed by atoms with Crippen molar-refractivity contribution in [3.05, 3.63) is 41.5 Å². The van der Waals surface area contributed by atoms with Gasteiger partial charge in [-0.3, -0.25) is 9.89 Å². The Balaban J connectivity index is 1.93. The Hall–Kier alpha value is -2.37. The summed E-state index contributed by atoms with van der Waals surface area (Å²) in [5.74, 6) is 1.19. The molecule has 0 unspecified atom stereocenters. The zero-order valence-electron chi connectivity index (χ0n) is 12.9. The van der Waals surface area contributed by atoms with Crippen LogP contribution >= 0.6 is 0 Å². The summed E-state index contributed by atoms with van der Waals surface area (Å²) >= 11 is 0. The number of aryl methyl sites for hydroxylation is 1. The van der Waals surface area contributed by atoms with Crippen molar-refractivity contribution >= 4 is 11.6 Å². The third kappa shape index (κ3) is 2.56. The highest BCUT2D eigenvalue weighted by molar-refractivity contribution is 5.85. The highest BCUT2D eigenvalue weighted by Crippen LogP contribution is 2.38. The van der Waals surface area contributed by atoms with E-state index in [9.17, 15) is 4.79 Å². The zero-order valence-corrected chi connectivity index (χ0v) is 12.9. The number of nitrogens with two attached hydrogens (primary N) is 1. The van der Waals surface area contributed by atoms with Gasteiger partial charge in [0.2, 0.25) is 5.91 Å². The van der Waals surface area contributed by atoms with Crippen molar-refractivity contribution in [3.8, 4) is 0 Å². The van der Waals surface area contributed by atoms with Gasteiger partial charge in [-0.15, -0.1) is 0 Å². The van der Waals surface area contributed by atoms with E-state index in [1.807, 2.05) is 31.2 Å². The number of nitrogens with one attached hydrogen (secondary N) is 1. The molecule has 1 aliphatic heterocycles. The van der Waals surface area contributed by atoms with E-state index < -0.39 is 0 Å². The minimum absolute atomic E-state index is 0.211. The molecule has 1 aliphatic rings. The minimum Gasteiger partial charge on any atom is -0.369 e. The summed E-state index contributed by atoms with van der Waals surface area (Å²) < 4.78 is 0. The first-order valence-corrected chi connectivity index (χ1v) is 7.65. The third-order valence-corrected chi connectivity index (χ3v) is 4.29. The summed E-state index contributed by atoms with van der Waals surface area (Å²) in [6.45, 7) is 4.79. The van der Waals surface area contributed by atoms with Crippen molar-refractivity contribution in [2.45, 2.75) is 45.2 Å². The second-order valence-electron chi connectivity index (χ2n) is 5.78. The number of anilines is 1. The molecule has 0 spiro atoms. The summed E-state index contributed by atoms with van der Waals surface area (Å²) in [7, 11) is 0. The van der Waals surface area contributed by atoms with Gasteiger partial charge < -0.3 is 10.6 Å². The molecule has 0 saturated heterocycles. The molecule has 0 saturated carbocycles. The Morgan fingerprint density at radius 1 is 1.45 bits per heavy atom. The van der Waals surface area contributed by atoms with Gasteiger partial charge in [-0.1, -0.05) is 25.1 Å². The quantitative estimate of drug-likeness (QED) is 0.900. The lowest BCUT2D eigenvalue weighted by Crippen LogP contribution is -2.41. The predicted molar refractivity (Wildman–Crippen MR) is 84.4 cm³/mol. The van der Waals surface area contributed by atoms with Crippen molar-refractivity contribution in [1.82, 2.24) is 15.2 Å². The van der Waals surface area contributed by atoms with Crippen LogP contribution in [0.25, 0.3) is 0 Å². The van der Waals surface area contributed by atoms with Gasteiger partial charge in [0.05, 0.1) is 12.5 Å². The first-order valence-electron chi connectivity index (χ1n) is 7.65. The SMILES string of the molecule is CCc1n[nH]c(CN2c3ccccc3[C@@H](C(N)=O)C[C@@H]2C)n1. The van der Waals surface area contributed by atoms with E-state index >= 15 is 0 Å². The van der Waals surface area contributed by atoms with Crippen molar-refractivity contribution in [2.24, 2.45) is 5.73 Å². The van der Waals surface area contributed by atoms with Crippen LogP contribution in [0, 0.1) is 0 Å². The van der Waals surface area contributed by atoms with Gasteiger partial charge in [0.1, 0.15) is 5.82 Å². The monoisotopic (exact) mass is 299 g/mol. The van der Waals surface area contributed by atoms with E-state index in [1.165, 1.54) is 0 Å². The molecule has 2 aromatic rings. The maximum Gasteiger partial charge on any atom is 0.225 e. The van der Waals surface area contributed by atoms with Gasteiger partial charge in [0.15, 0.2) is 5.82 Å². The van der Waals surface area contributed by atoms with E-state index in [0.717, 1.165) is 35.7 Å². The Morgan fingerprint density at radius 3 is 2.91 bits per heavy atom. The molecule has 22 heavy (non-hydrogen) atoms. The molecule has 0 bridgehead atoms. The first-order chi connectivity index (χ1) is 10.6. The lowest BCUT2D eigenvalue weighted by atomic mass is 9.85. The molecule has 1 amide bonds. The molecular weight excluding hydrogens is 278 g/mol. The van der Waals surface area contributed by atoms with E-state index in [2.05, 4.69) is 27.0 Å². The van der Waals surface area contributed by atoms with Gasteiger partial charge in [-0.25, -0.2) is 4.98 Å². The van der Waals surface area contributed by atoms with Crippen molar-refractivity contribution in [3.63, 3.8) is 0 Å². The van der Waals surface area contributed by atoms with Crippen molar-refractivity contribution < 1.29 is 4.79 Å². The van der Waals surface area contributed by atoms with E-state index in [0.29, 0.717) is 6.54 Å². The zero-order chi connectivity index (χ0) is 15.7. The lowest BCUT2D eigenvalue weighted by molar-refractivity contribution is -0.119. The fraction of sp³-hybridized carbons (Fsp3) is 0.438. The number of fused-ring (bicyclic) bond motifs is 1. The number of nitrogens with zero attached hydrogens (tertiary/aromatic N) is 3. The van der Waals surface area contributed by atoms with E-state index in [1.54, 1.807) is 0 Å². The maximum absolute atomic E-state index is 11.7. The first kappa shape index (κ1) is 14.6. The fourth-order valence-corrected chi connectivity index (χ4v) is 3.11. The van der Waals surface area contributed by atoms with Crippen LogP contribution in [0.5, 0.6) is 0 Å². The van der Waals surface area contributed by atoms with Crippen LogP contribution in [0.4, 0.5) is 5.69 Å². The van der Waals surface area contributed by atoms with Crippen LogP contribution in [0.1, 0.15) is 43.4 Å². The van der Waals surface area contributed by atoms with E-state index in [4.69, 9.17) is 5.73 Å². The Labute approximate surface area is 129 Å². The second-order valence-corrected chi connectivity index (χ2v) is 5.78. The Bertz CT molecular complexity index is 681. The van der Waals surface area contributed by atoms with Crippen LogP contribution in [-0.2, 0) is 17.8 Å². The Morgan fingerprint density at radius 2 is 2.23 bits per heavy atom. The van der Waals surface area contributed by atoms with Crippen LogP contribution in [0.2, 0.25) is 0 Å². The molecule has 2 atom stereocenters. The molecule has 6 nitrogen and oxygen atoms in total. The Kier molecular flexibility index (Phi) is 3.83. The number of primary amides is 1. The predicted octanol–water partition coefficient (Wildman–Crippen LogP) is 1.73. The number of carbonyl (C=O) groups excluding carboxylic acids is 1. The number of aromatic amines is 1. The number of H-pyrrole nitrogens is 1. The number of hydrogen-bond donors (Lipinski definition) is 2. The summed E-state index contributed by atoms with van der Waals surface area (Å²) in [6, 6.07) is 8.17. The van der Waals surface area contributed by atoms with Gasteiger partial charge >= 0.3 is 0 Å². The van der Waals surface area contributed by atoms with Gasteiger partial charge in [-0.05, 0) is 25.0 Å². The molecule has 0 radical (unpaired) electrons. The van der Waals surface area contributed by atoms with Gasteiger partial charge in [0.25, 0.3) is 0 Å². The van der Waals surface area contributed by atoms with Gasteiger partial charge in [0, 0.05) is 18.2 Å². The minimum atomic E-state index is -0.258. The molecule has 6 heteroatoms. The number of amides is 1. The van der Waals surface area contributed by atoms with Crippen LogP contribution in [0.15, 0.2) is 24.3 Å². The van der Waals surface area contributed by atoms with Gasteiger partial charge in [-0.2, -0.15) is 5.10 Å². The highest BCUT2D eigenvalue weighted by Gasteiger charge is 2.33. The molecule has 116 valence electrons. The maximum atomic E-state index is 11.7. The van der Waals surface area contributed by atoms with Crippen LogP contribution in [0.3, 0.4) is 0 Å². The number of para-hydroxylation sites is 1. The average molecular weight is 299 g/mol. The summed E-state index contributed by atoms with van der Waals surface area (Å²) in [4.78, 5) is 18.5. The molecule has 3 N–H and O–H groups in total. The van der Waals surface area contributed by atoms with E-state index in [-0.39, 0.29) is 17.9 Å². The van der Waals surface area contributed by atoms with Crippen molar-refractivity contribution in [1.29, 1.82) is 0 Å². The normalized spacial score (nSPS) is 20.7. The number of benzene rings is 1. The van der Waals surface area contributed by atoms with Crippen LogP contribution < -0.4 is 10.6 Å². The second kappa shape index (κ2) is 5.79. The molecule has 1 aromatic heterocycles. The number of carbonyl (C=O) groups is 1. The molecular formula is C16H21N5O. The molecule has 1 aromatic carbocycles. The van der Waals surface area contributed by atoms with Crippen LogP contribution in [-0.4, -0.2) is 27.1 Å². The summed E-state index contributed by atoms with van der Waals surface area (Å²) in [5.41, 5.74) is 7.64. The molecule has 0 fully saturated rings. The number of rotatable bonds is 4. The van der Waals surface area contributed by atoms with Crippen molar-refractivity contribution in [2.75, 3.05) is 4.90 Å². The smallest absolute Gasteiger partial charge is 0.225 e. The topological polar surface area (TPSA) is 87.9 Å². The standard InChI is InChI=1S/C16H21N5O/c1-3-14-18-15(20-19-14)9-21-10(2)8-12(16(17)22)11-6-4-5-7-13(11)21/h4-7,10,12H,3,8-9H2,1-2H3,(H2,17,22)(H,18,19,20)/t10-,12-/m0/s1. The summed E-state index contributed by atoms with van der Waals surface area (Å²) in [5, 5.41) is 7.18. The highest BCUT2D eigenvalue weighted by atomic mass is 16.1. The fourth-order valence-electron chi connectivity index (χ4n) is 3.11. The molecule has 2 heterocycles. The average Bonchev–Trinajstić information content (AvgIpc) is 2.97. The molecule has 3 rings (SSSR count). The number of hydrogen-bond acceptors (Lipinski definition) is 4. The molecule has 0 aliphatic carbocycles. The number of aromatic nitrogens is 3.